The number of hydrogen-bond acceptors (Lipinski definition) is 2. The van der Waals surface area contributed by atoms with Gasteiger partial charge in [-0.1, -0.05) is 39.0 Å². The predicted octanol–water partition coefficient (Wildman–Crippen LogP) is 3.16. The Morgan fingerprint density at radius 3 is 2.53 bits per heavy atom. The predicted molar refractivity (Wildman–Crippen MR) is 74.0 cm³/mol. The smallest absolute Gasteiger partial charge is 0.0117 e. The lowest BCUT2D eigenvalue weighted by molar-refractivity contribution is 0.141. The van der Waals surface area contributed by atoms with Gasteiger partial charge in [0.25, 0.3) is 0 Å². The van der Waals surface area contributed by atoms with Crippen LogP contribution >= 0.6 is 0 Å². The van der Waals surface area contributed by atoms with Gasteiger partial charge in [-0.3, -0.25) is 4.90 Å². The van der Waals surface area contributed by atoms with Crippen molar-refractivity contribution in [2.24, 2.45) is 11.7 Å². The van der Waals surface area contributed by atoms with Crippen LogP contribution in [0.15, 0.2) is 0 Å². The molecule has 1 heterocycles. The van der Waals surface area contributed by atoms with Crippen LogP contribution in [0.2, 0.25) is 0 Å². The average molecular weight is 238 g/mol. The minimum Gasteiger partial charge on any atom is -0.327 e. The summed E-state index contributed by atoms with van der Waals surface area (Å²) in [5, 5.41) is 0. The molecular weight excluding hydrogens is 208 g/mol. The SMILES string of the molecule is CCCCCCCC(C)N1C[C@H]2C[C@@H]1C[C@H]2N. The second-order valence-electron chi connectivity index (χ2n) is 6.30. The fourth-order valence-corrected chi connectivity index (χ4v) is 3.78. The van der Waals surface area contributed by atoms with Crippen LogP contribution in [0.25, 0.3) is 0 Å². The quantitative estimate of drug-likeness (QED) is 0.690. The Kier molecular flexibility index (Phi) is 4.87. The maximum absolute atomic E-state index is 6.11. The summed E-state index contributed by atoms with van der Waals surface area (Å²) in [5.41, 5.74) is 6.11. The second kappa shape index (κ2) is 6.19. The van der Waals surface area contributed by atoms with Crippen molar-refractivity contribution in [2.45, 2.75) is 83.3 Å². The van der Waals surface area contributed by atoms with E-state index >= 15 is 0 Å². The Balaban J connectivity index is 1.63. The van der Waals surface area contributed by atoms with Crippen LogP contribution in [-0.4, -0.2) is 29.6 Å². The Morgan fingerprint density at radius 1 is 1.18 bits per heavy atom. The van der Waals surface area contributed by atoms with Gasteiger partial charge in [0.1, 0.15) is 0 Å². The number of rotatable bonds is 7. The van der Waals surface area contributed by atoms with Crippen LogP contribution in [0.4, 0.5) is 0 Å². The highest BCUT2D eigenvalue weighted by atomic mass is 15.2. The highest BCUT2D eigenvalue weighted by Gasteiger charge is 2.44. The molecule has 4 atom stereocenters. The van der Waals surface area contributed by atoms with Crippen molar-refractivity contribution in [3.63, 3.8) is 0 Å². The molecule has 1 aliphatic carbocycles. The van der Waals surface area contributed by atoms with Crippen LogP contribution in [0, 0.1) is 5.92 Å². The summed E-state index contributed by atoms with van der Waals surface area (Å²) < 4.78 is 0. The molecule has 17 heavy (non-hydrogen) atoms. The fraction of sp³-hybridized carbons (Fsp3) is 1.00. The molecule has 0 radical (unpaired) electrons. The topological polar surface area (TPSA) is 29.3 Å². The lowest BCUT2D eigenvalue weighted by atomic mass is 10.0. The Labute approximate surface area is 107 Å². The number of hydrogen-bond donors (Lipinski definition) is 1. The molecule has 2 N–H and O–H groups in total. The lowest BCUT2D eigenvalue weighted by Crippen LogP contribution is -2.45. The van der Waals surface area contributed by atoms with Crippen molar-refractivity contribution >= 4 is 0 Å². The van der Waals surface area contributed by atoms with E-state index in [1.165, 1.54) is 57.9 Å². The van der Waals surface area contributed by atoms with Crippen LogP contribution < -0.4 is 5.73 Å². The van der Waals surface area contributed by atoms with Gasteiger partial charge in [-0.25, -0.2) is 0 Å². The van der Waals surface area contributed by atoms with Gasteiger partial charge >= 0.3 is 0 Å². The van der Waals surface area contributed by atoms with E-state index in [2.05, 4.69) is 18.7 Å². The third kappa shape index (κ3) is 3.23. The minimum absolute atomic E-state index is 0.507. The number of nitrogens with two attached hydrogens (primary N) is 1. The molecular formula is C15H30N2. The first-order valence-corrected chi connectivity index (χ1v) is 7.73. The summed E-state index contributed by atoms with van der Waals surface area (Å²) in [4.78, 5) is 2.74. The van der Waals surface area contributed by atoms with E-state index in [0.29, 0.717) is 6.04 Å². The molecule has 0 amide bonds. The average Bonchev–Trinajstić information content (AvgIpc) is 2.87. The second-order valence-corrected chi connectivity index (χ2v) is 6.30. The van der Waals surface area contributed by atoms with E-state index in [1.807, 2.05) is 0 Å². The van der Waals surface area contributed by atoms with Gasteiger partial charge in [0.2, 0.25) is 0 Å². The summed E-state index contributed by atoms with van der Waals surface area (Å²) in [6, 6.07) is 2.12. The molecule has 2 fully saturated rings. The normalized spacial score (nSPS) is 34.4. The van der Waals surface area contributed by atoms with Crippen LogP contribution in [0.3, 0.4) is 0 Å². The number of unbranched alkanes of at least 4 members (excludes halogenated alkanes) is 4. The zero-order valence-corrected chi connectivity index (χ0v) is 11.7. The monoisotopic (exact) mass is 238 g/mol. The number of fused-ring (bicyclic) bond motifs is 2. The van der Waals surface area contributed by atoms with Gasteiger partial charge < -0.3 is 5.73 Å². The van der Waals surface area contributed by atoms with E-state index in [0.717, 1.165) is 18.0 Å². The third-order valence-corrected chi connectivity index (χ3v) is 4.93. The summed E-state index contributed by atoms with van der Waals surface area (Å²) in [6.07, 6.45) is 11.1. The van der Waals surface area contributed by atoms with Gasteiger partial charge in [-0.2, -0.15) is 0 Å². The van der Waals surface area contributed by atoms with E-state index in [1.54, 1.807) is 0 Å². The van der Waals surface area contributed by atoms with E-state index in [9.17, 15) is 0 Å². The molecule has 100 valence electrons. The first kappa shape index (κ1) is 13.4. The molecule has 2 nitrogen and oxygen atoms in total. The first-order chi connectivity index (χ1) is 8.22. The molecule has 0 spiro atoms. The van der Waals surface area contributed by atoms with Crippen LogP contribution in [0.5, 0.6) is 0 Å². The largest absolute Gasteiger partial charge is 0.327 e. The van der Waals surface area contributed by atoms with Crippen LogP contribution in [0.1, 0.15) is 65.2 Å². The highest BCUT2D eigenvalue weighted by molar-refractivity contribution is 5.00. The maximum atomic E-state index is 6.11. The molecule has 1 saturated heterocycles. The molecule has 2 rings (SSSR count). The number of nitrogens with zero attached hydrogens (tertiary/aromatic N) is 1. The zero-order valence-electron chi connectivity index (χ0n) is 11.7. The standard InChI is InChI=1S/C15H30N2/c1-3-4-5-6-7-8-12(2)17-11-13-9-14(17)10-15(13)16/h12-15H,3-11,16H2,1-2H3/t12?,13-,14-,15-/m1/s1. The van der Waals surface area contributed by atoms with Crippen LogP contribution in [-0.2, 0) is 0 Å². The highest BCUT2D eigenvalue weighted by Crippen LogP contribution is 2.38. The van der Waals surface area contributed by atoms with Gasteiger partial charge in [-0.15, -0.1) is 0 Å². The maximum Gasteiger partial charge on any atom is 0.0117 e. The van der Waals surface area contributed by atoms with Gasteiger partial charge in [-0.05, 0) is 32.1 Å². The summed E-state index contributed by atoms with van der Waals surface area (Å²) in [7, 11) is 0. The molecule has 0 aromatic carbocycles. The van der Waals surface area contributed by atoms with Gasteiger partial charge in [0.15, 0.2) is 0 Å². The van der Waals surface area contributed by atoms with Crippen molar-refractivity contribution in [1.29, 1.82) is 0 Å². The van der Waals surface area contributed by atoms with Crippen molar-refractivity contribution < 1.29 is 0 Å². The third-order valence-electron chi connectivity index (χ3n) is 4.93. The molecule has 2 aliphatic rings. The van der Waals surface area contributed by atoms with Gasteiger partial charge in [0.05, 0.1) is 0 Å². The number of piperidine rings is 1. The number of likely N-dealkylation sites (tertiary alicyclic amines) is 1. The summed E-state index contributed by atoms with van der Waals surface area (Å²) >= 11 is 0. The van der Waals surface area contributed by atoms with Gasteiger partial charge in [0, 0.05) is 24.7 Å². The summed E-state index contributed by atoms with van der Waals surface area (Å²) in [5.74, 6) is 0.808. The summed E-state index contributed by atoms with van der Waals surface area (Å²) in [6.45, 7) is 5.99. The molecule has 2 heteroatoms. The molecule has 0 aromatic heterocycles. The van der Waals surface area contributed by atoms with Crippen molar-refractivity contribution in [2.75, 3.05) is 6.54 Å². The molecule has 0 aromatic rings. The van der Waals surface area contributed by atoms with E-state index in [4.69, 9.17) is 5.73 Å². The van der Waals surface area contributed by atoms with E-state index < -0.39 is 0 Å². The zero-order chi connectivity index (χ0) is 12.3. The van der Waals surface area contributed by atoms with Crippen molar-refractivity contribution in [1.82, 2.24) is 4.90 Å². The van der Waals surface area contributed by atoms with Crippen molar-refractivity contribution in [3.05, 3.63) is 0 Å². The molecule has 2 bridgehead atoms. The molecule has 1 unspecified atom stereocenters. The van der Waals surface area contributed by atoms with E-state index in [-0.39, 0.29) is 0 Å². The minimum atomic E-state index is 0.507. The first-order valence-electron chi connectivity index (χ1n) is 7.73. The Bertz CT molecular complexity index is 227. The molecule has 1 saturated carbocycles. The van der Waals surface area contributed by atoms with Crippen molar-refractivity contribution in [3.8, 4) is 0 Å². The Morgan fingerprint density at radius 2 is 1.94 bits per heavy atom. The lowest BCUT2D eigenvalue weighted by Gasteiger charge is -2.34. The molecule has 1 aliphatic heterocycles. The Hall–Kier alpha value is -0.0800. The fourth-order valence-electron chi connectivity index (χ4n) is 3.78.